The molecule has 0 bridgehead atoms. The highest BCUT2D eigenvalue weighted by Gasteiger charge is 2.63. The maximum absolute atomic E-state index is 14.1. The molecular formula is C25H20ClF7N6O3. The number of aryl methyl sites for hydroxylation is 1. The van der Waals surface area contributed by atoms with E-state index in [0.29, 0.717) is 9.36 Å². The lowest BCUT2D eigenvalue weighted by Gasteiger charge is -2.27. The van der Waals surface area contributed by atoms with Crippen LogP contribution in [-0.4, -0.2) is 54.6 Å². The first-order valence-corrected chi connectivity index (χ1v) is 12.4. The Hall–Kier alpha value is -4.13. The third kappa shape index (κ3) is 5.28. The van der Waals surface area contributed by atoms with Gasteiger partial charge in [-0.1, -0.05) is 31.5 Å². The normalized spacial score (nSPS) is 14.7. The molecule has 1 fully saturated rings. The fraction of sp³-hybridized carbons (Fsp3) is 0.400. The monoisotopic (exact) mass is 620 g/mol. The Morgan fingerprint density at radius 1 is 1.17 bits per heavy atom. The number of hydrogen-bond acceptors (Lipinski definition) is 6. The second-order valence-electron chi connectivity index (χ2n) is 9.72. The average molecular weight is 621 g/mol. The van der Waals surface area contributed by atoms with Crippen LogP contribution in [0.1, 0.15) is 42.7 Å². The number of benzene rings is 1. The van der Waals surface area contributed by atoms with E-state index in [-0.39, 0.29) is 34.6 Å². The van der Waals surface area contributed by atoms with E-state index in [2.05, 4.69) is 14.9 Å². The van der Waals surface area contributed by atoms with Crippen LogP contribution in [0.25, 0.3) is 16.9 Å². The summed E-state index contributed by atoms with van der Waals surface area (Å²) in [6.45, 7) is -0.665. The van der Waals surface area contributed by atoms with Gasteiger partial charge in [-0.05, 0) is 30.5 Å². The van der Waals surface area contributed by atoms with Crippen molar-refractivity contribution in [3.05, 3.63) is 46.9 Å². The van der Waals surface area contributed by atoms with Gasteiger partial charge in [0.25, 0.3) is 5.91 Å². The van der Waals surface area contributed by atoms with Gasteiger partial charge in [0.1, 0.15) is 5.54 Å². The van der Waals surface area contributed by atoms with Crippen LogP contribution < -0.4 is 4.74 Å². The zero-order valence-corrected chi connectivity index (χ0v) is 22.6. The fourth-order valence-electron chi connectivity index (χ4n) is 4.13. The molecule has 42 heavy (non-hydrogen) atoms. The highest BCUT2D eigenvalue weighted by molar-refractivity contribution is 6.34. The zero-order chi connectivity index (χ0) is 31.4. The maximum Gasteiger partial charge on any atom is 0.459 e. The van der Waals surface area contributed by atoms with Crippen molar-refractivity contribution in [1.82, 2.24) is 24.5 Å². The molecule has 0 atom stereocenters. The minimum atomic E-state index is -6.17. The molecule has 1 saturated carbocycles. The molecule has 1 aromatic carbocycles. The standard InChI is InChI=1S/C25H20ClF7N6O3/c1-12(2)20(40)39(23(11-34)6-7-23)21(41)15-8-13(4-5-16(15)26)14-9-35-38(10-14)19-17(42-22(27)28)18(36-37(19)3)24(29,30)25(31,32)33/h4-5,8-10,12,22H,6-7H2,1-3H3. The Labute approximate surface area is 238 Å². The molecule has 2 heterocycles. The lowest BCUT2D eigenvalue weighted by atomic mass is 10.0. The molecule has 224 valence electrons. The fourth-order valence-corrected chi connectivity index (χ4v) is 4.33. The molecule has 0 unspecified atom stereocenters. The van der Waals surface area contributed by atoms with Crippen LogP contribution >= 0.6 is 11.6 Å². The number of halogens is 8. The number of ether oxygens (including phenoxy) is 1. The smallest absolute Gasteiger partial charge is 0.428 e. The van der Waals surface area contributed by atoms with Gasteiger partial charge in [-0.2, -0.15) is 46.2 Å². The number of carbonyl (C=O) groups is 2. The van der Waals surface area contributed by atoms with E-state index in [0.717, 1.165) is 24.3 Å². The molecule has 3 aromatic rings. The second kappa shape index (κ2) is 10.6. The third-order valence-corrected chi connectivity index (χ3v) is 6.77. The van der Waals surface area contributed by atoms with E-state index in [4.69, 9.17) is 11.6 Å². The Morgan fingerprint density at radius 2 is 1.81 bits per heavy atom. The van der Waals surface area contributed by atoms with E-state index >= 15 is 0 Å². The lowest BCUT2D eigenvalue weighted by Crippen LogP contribution is -2.47. The first kappa shape index (κ1) is 30.8. The molecule has 0 saturated heterocycles. The van der Waals surface area contributed by atoms with E-state index in [1.54, 1.807) is 13.8 Å². The predicted molar refractivity (Wildman–Crippen MR) is 131 cm³/mol. The summed E-state index contributed by atoms with van der Waals surface area (Å²) in [7, 11) is 0.924. The molecule has 0 radical (unpaired) electrons. The summed E-state index contributed by atoms with van der Waals surface area (Å²) in [5.74, 6) is -10.0. The van der Waals surface area contributed by atoms with Gasteiger partial charge in [0.2, 0.25) is 5.91 Å². The van der Waals surface area contributed by atoms with Crippen LogP contribution in [-0.2, 0) is 17.8 Å². The van der Waals surface area contributed by atoms with Crippen LogP contribution in [0.5, 0.6) is 5.75 Å². The number of hydrogen-bond donors (Lipinski definition) is 0. The van der Waals surface area contributed by atoms with Gasteiger partial charge in [0, 0.05) is 24.7 Å². The van der Waals surface area contributed by atoms with Gasteiger partial charge in [0.05, 0.1) is 22.9 Å². The molecular weight excluding hydrogens is 601 g/mol. The van der Waals surface area contributed by atoms with Gasteiger partial charge in [-0.25, -0.2) is 9.36 Å². The van der Waals surface area contributed by atoms with E-state index in [1.165, 1.54) is 18.2 Å². The molecule has 9 nitrogen and oxygen atoms in total. The van der Waals surface area contributed by atoms with E-state index < -0.39 is 59.2 Å². The van der Waals surface area contributed by atoms with Gasteiger partial charge >= 0.3 is 18.7 Å². The molecule has 0 spiro atoms. The minimum Gasteiger partial charge on any atom is -0.428 e. The van der Waals surface area contributed by atoms with E-state index in [9.17, 15) is 45.6 Å². The average Bonchev–Trinajstić information content (AvgIpc) is 3.40. The first-order chi connectivity index (χ1) is 19.4. The lowest BCUT2D eigenvalue weighted by molar-refractivity contribution is -0.291. The molecule has 0 aliphatic heterocycles. The van der Waals surface area contributed by atoms with Crippen molar-refractivity contribution < 1.29 is 45.1 Å². The van der Waals surface area contributed by atoms with Crippen LogP contribution in [0.15, 0.2) is 30.6 Å². The molecule has 2 aromatic heterocycles. The predicted octanol–water partition coefficient (Wildman–Crippen LogP) is 5.86. The number of aromatic nitrogens is 4. The van der Waals surface area contributed by atoms with Crippen LogP contribution in [0, 0.1) is 17.2 Å². The van der Waals surface area contributed by atoms with Crippen molar-refractivity contribution in [3.8, 4) is 28.8 Å². The van der Waals surface area contributed by atoms with Crippen LogP contribution in [0.3, 0.4) is 0 Å². The minimum absolute atomic E-state index is 0.0651. The maximum atomic E-state index is 14.1. The van der Waals surface area contributed by atoms with Crippen molar-refractivity contribution in [1.29, 1.82) is 5.26 Å². The Kier molecular flexibility index (Phi) is 7.78. The van der Waals surface area contributed by atoms with E-state index in [1.807, 2.05) is 6.07 Å². The Balaban J connectivity index is 1.78. The van der Waals surface area contributed by atoms with Crippen LogP contribution in [0.4, 0.5) is 30.7 Å². The van der Waals surface area contributed by atoms with Crippen molar-refractivity contribution >= 4 is 23.4 Å². The summed E-state index contributed by atoms with van der Waals surface area (Å²) in [6, 6.07) is 5.99. The zero-order valence-electron chi connectivity index (χ0n) is 21.9. The van der Waals surface area contributed by atoms with Crippen molar-refractivity contribution in [3.63, 3.8) is 0 Å². The molecule has 1 aliphatic rings. The first-order valence-electron chi connectivity index (χ1n) is 12.1. The molecule has 0 N–H and O–H groups in total. The number of carbonyl (C=O) groups excluding carboxylic acids is 2. The molecule has 4 rings (SSSR count). The van der Waals surface area contributed by atoms with Crippen molar-refractivity contribution in [2.24, 2.45) is 13.0 Å². The summed E-state index contributed by atoms with van der Waals surface area (Å²) in [4.78, 5) is 27.3. The Morgan fingerprint density at radius 3 is 2.33 bits per heavy atom. The number of nitrogens with zero attached hydrogens (tertiary/aromatic N) is 6. The van der Waals surface area contributed by atoms with Gasteiger partial charge in [-0.15, -0.1) is 0 Å². The SMILES string of the molecule is CC(C)C(=O)N(C(=O)c1cc(-c2cnn(-c3c(OC(F)F)c(C(F)(F)C(F)(F)F)nn3C)c2)ccc1Cl)C1(C#N)CC1. The highest BCUT2D eigenvalue weighted by Crippen LogP contribution is 2.48. The molecule has 1 aliphatic carbocycles. The van der Waals surface area contributed by atoms with Crippen molar-refractivity contribution in [2.75, 3.05) is 0 Å². The summed E-state index contributed by atoms with van der Waals surface area (Å²) < 4.78 is 98.8. The summed E-state index contributed by atoms with van der Waals surface area (Å²) >= 11 is 6.27. The summed E-state index contributed by atoms with van der Waals surface area (Å²) in [5, 5.41) is 16.6. The quantitative estimate of drug-likeness (QED) is 0.292. The number of rotatable bonds is 8. The van der Waals surface area contributed by atoms with Gasteiger partial charge in [-0.3, -0.25) is 14.5 Å². The Bertz CT molecular complexity index is 1590. The third-order valence-electron chi connectivity index (χ3n) is 6.44. The summed E-state index contributed by atoms with van der Waals surface area (Å²) in [5.41, 5.74) is -3.22. The largest absolute Gasteiger partial charge is 0.459 e. The number of imide groups is 1. The van der Waals surface area contributed by atoms with Crippen LogP contribution in [0.2, 0.25) is 5.02 Å². The number of alkyl halides is 7. The highest BCUT2D eigenvalue weighted by atomic mass is 35.5. The second-order valence-corrected chi connectivity index (χ2v) is 10.1. The molecule has 2 amide bonds. The van der Waals surface area contributed by atoms with Crippen molar-refractivity contribution in [2.45, 2.75) is 50.9 Å². The number of amides is 2. The van der Waals surface area contributed by atoms with Gasteiger partial charge in [0.15, 0.2) is 17.3 Å². The summed E-state index contributed by atoms with van der Waals surface area (Å²) in [6.07, 6.45) is -3.43. The van der Waals surface area contributed by atoms with Gasteiger partial charge < -0.3 is 4.74 Å². The topological polar surface area (TPSA) is 106 Å². The molecule has 17 heteroatoms. The number of nitriles is 1.